The van der Waals surface area contributed by atoms with Crippen LogP contribution in [0, 0.1) is 17.8 Å². The standard InChI is InChI=1S/C13H21F3O2/c14-13(15,16)11-6-2-1-5-10(11)12(17)9-4-3-7-18-8-9/h9-12,17H,1-8H2. The van der Waals surface area contributed by atoms with Gasteiger partial charge in [0.05, 0.1) is 18.6 Å². The number of aliphatic hydroxyl groups is 1. The van der Waals surface area contributed by atoms with Gasteiger partial charge in [-0.05, 0) is 31.6 Å². The number of aliphatic hydroxyl groups excluding tert-OH is 1. The maximum Gasteiger partial charge on any atom is 0.392 e. The van der Waals surface area contributed by atoms with Crippen LogP contribution < -0.4 is 0 Å². The van der Waals surface area contributed by atoms with E-state index in [4.69, 9.17) is 4.74 Å². The molecule has 0 aromatic heterocycles. The van der Waals surface area contributed by atoms with Crippen molar-refractivity contribution in [2.75, 3.05) is 13.2 Å². The molecule has 5 heteroatoms. The molecule has 0 bridgehead atoms. The molecule has 4 atom stereocenters. The molecule has 1 heterocycles. The van der Waals surface area contributed by atoms with Crippen LogP contribution in [-0.4, -0.2) is 30.6 Å². The Balaban J connectivity index is 2.03. The van der Waals surface area contributed by atoms with Crippen molar-refractivity contribution >= 4 is 0 Å². The highest BCUT2D eigenvalue weighted by atomic mass is 19.4. The number of alkyl halides is 3. The Morgan fingerprint density at radius 2 is 1.78 bits per heavy atom. The fourth-order valence-corrected chi connectivity index (χ4v) is 3.36. The highest BCUT2D eigenvalue weighted by Gasteiger charge is 2.48. The molecule has 1 saturated carbocycles. The van der Waals surface area contributed by atoms with Crippen LogP contribution in [-0.2, 0) is 4.74 Å². The molecule has 1 aliphatic carbocycles. The summed E-state index contributed by atoms with van der Waals surface area (Å²) in [6.45, 7) is 1.07. The van der Waals surface area contributed by atoms with Gasteiger partial charge < -0.3 is 9.84 Å². The lowest BCUT2D eigenvalue weighted by atomic mass is 9.72. The molecule has 0 radical (unpaired) electrons. The molecule has 1 N–H and O–H groups in total. The van der Waals surface area contributed by atoms with Crippen molar-refractivity contribution < 1.29 is 23.0 Å². The van der Waals surface area contributed by atoms with Gasteiger partial charge in [0.1, 0.15) is 0 Å². The van der Waals surface area contributed by atoms with Crippen LogP contribution in [0.3, 0.4) is 0 Å². The maximum absolute atomic E-state index is 13.0. The van der Waals surface area contributed by atoms with Gasteiger partial charge in [0.25, 0.3) is 0 Å². The average Bonchev–Trinajstić information content (AvgIpc) is 2.38. The van der Waals surface area contributed by atoms with Crippen molar-refractivity contribution in [1.29, 1.82) is 0 Å². The Labute approximate surface area is 106 Å². The van der Waals surface area contributed by atoms with Crippen molar-refractivity contribution in [2.45, 2.75) is 50.8 Å². The van der Waals surface area contributed by atoms with Gasteiger partial charge in [-0.1, -0.05) is 12.8 Å². The van der Waals surface area contributed by atoms with Gasteiger partial charge >= 0.3 is 6.18 Å². The number of hydrogen-bond donors (Lipinski definition) is 1. The molecule has 18 heavy (non-hydrogen) atoms. The number of rotatable bonds is 2. The third kappa shape index (κ3) is 3.18. The smallest absolute Gasteiger partial charge is 0.392 e. The lowest BCUT2D eigenvalue weighted by molar-refractivity contribution is -0.212. The minimum Gasteiger partial charge on any atom is -0.392 e. The molecule has 2 fully saturated rings. The first kappa shape index (κ1) is 14.1. The van der Waals surface area contributed by atoms with E-state index >= 15 is 0 Å². The third-order valence-electron chi connectivity index (χ3n) is 4.36. The van der Waals surface area contributed by atoms with Crippen molar-refractivity contribution in [3.8, 4) is 0 Å². The molecule has 2 aliphatic rings. The second-order valence-corrected chi connectivity index (χ2v) is 5.56. The highest BCUT2D eigenvalue weighted by Crippen LogP contribution is 2.44. The first-order chi connectivity index (χ1) is 8.50. The minimum absolute atomic E-state index is 0.119. The lowest BCUT2D eigenvalue weighted by Gasteiger charge is -2.39. The Morgan fingerprint density at radius 1 is 1.06 bits per heavy atom. The monoisotopic (exact) mass is 266 g/mol. The predicted octanol–water partition coefficient (Wildman–Crippen LogP) is 3.14. The summed E-state index contributed by atoms with van der Waals surface area (Å²) in [7, 11) is 0. The molecular weight excluding hydrogens is 245 g/mol. The molecule has 1 saturated heterocycles. The van der Waals surface area contributed by atoms with E-state index in [1.54, 1.807) is 0 Å². The summed E-state index contributed by atoms with van der Waals surface area (Å²) in [4.78, 5) is 0. The zero-order chi connectivity index (χ0) is 13.2. The Hall–Kier alpha value is -0.290. The van der Waals surface area contributed by atoms with Gasteiger partial charge in [0.15, 0.2) is 0 Å². The fourth-order valence-electron chi connectivity index (χ4n) is 3.36. The summed E-state index contributed by atoms with van der Waals surface area (Å²) < 4.78 is 44.2. The van der Waals surface area contributed by atoms with E-state index in [9.17, 15) is 18.3 Å². The highest BCUT2D eigenvalue weighted by molar-refractivity contribution is 4.88. The van der Waals surface area contributed by atoms with E-state index in [-0.39, 0.29) is 12.3 Å². The van der Waals surface area contributed by atoms with Crippen molar-refractivity contribution in [2.24, 2.45) is 17.8 Å². The molecule has 4 unspecified atom stereocenters. The zero-order valence-electron chi connectivity index (χ0n) is 10.5. The second-order valence-electron chi connectivity index (χ2n) is 5.56. The van der Waals surface area contributed by atoms with Crippen LogP contribution in [0.2, 0.25) is 0 Å². The van der Waals surface area contributed by atoms with E-state index in [1.807, 2.05) is 0 Å². The molecule has 0 spiro atoms. The maximum atomic E-state index is 13.0. The van der Waals surface area contributed by atoms with Crippen molar-refractivity contribution in [1.82, 2.24) is 0 Å². The van der Waals surface area contributed by atoms with Gasteiger partial charge in [-0.3, -0.25) is 0 Å². The van der Waals surface area contributed by atoms with Crippen LogP contribution in [0.1, 0.15) is 38.5 Å². The topological polar surface area (TPSA) is 29.5 Å². The SMILES string of the molecule is OC(C1CCCOC1)C1CCCCC1C(F)(F)F. The van der Waals surface area contributed by atoms with Gasteiger partial charge in [0, 0.05) is 12.5 Å². The summed E-state index contributed by atoms with van der Waals surface area (Å²) in [6.07, 6.45) is -1.36. The number of ether oxygens (including phenoxy) is 1. The van der Waals surface area contributed by atoms with E-state index in [0.29, 0.717) is 26.1 Å². The normalized spacial score (nSPS) is 36.3. The van der Waals surface area contributed by atoms with Crippen molar-refractivity contribution in [3.63, 3.8) is 0 Å². The van der Waals surface area contributed by atoms with Crippen LogP contribution in [0.25, 0.3) is 0 Å². The van der Waals surface area contributed by atoms with E-state index < -0.39 is 24.1 Å². The summed E-state index contributed by atoms with van der Waals surface area (Å²) in [6, 6.07) is 0. The molecule has 0 aromatic rings. The van der Waals surface area contributed by atoms with Gasteiger partial charge in [-0.2, -0.15) is 13.2 Å². The quantitative estimate of drug-likeness (QED) is 0.832. The Bertz CT molecular complexity index is 261. The molecule has 2 rings (SSSR count). The Morgan fingerprint density at radius 3 is 2.39 bits per heavy atom. The third-order valence-corrected chi connectivity index (χ3v) is 4.36. The molecule has 1 aliphatic heterocycles. The van der Waals surface area contributed by atoms with Gasteiger partial charge in [-0.25, -0.2) is 0 Å². The zero-order valence-corrected chi connectivity index (χ0v) is 10.5. The first-order valence-electron chi connectivity index (χ1n) is 6.82. The van der Waals surface area contributed by atoms with Crippen LogP contribution in [0.5, 0.6) is 0 Å². The molecular formula is C13H21F3O2. The summed E-state index contributed by atoms with van der Waals surface area (Å²) in [5, 5.41) is 10.3. The minimum atomic E-state index is -4.18. The Kier molecular flexibility index (Phi) is 4.54. The number of halogens is 3. The van der Waals surface area contributed by atoms with Crippen molar-refractivity contribution in [3.05, 3.63) is 0 Å². The first-order valence-corrected chi connectivity index (χ1v) is 6.82. The summed E-state index contributed by atoms with van der Waals surface area (Å²) >= 11 is 0. The predicted molar refractivity (Wildman–Crippen MR) is 61.1 cm³/mol. The average molecular weight is 266 g/mol. The van der Waals surface area contributed by atoms with E-state index in [2.05, 4.69) is 0 Å². The lowest BCUT2D eigenvalue weighted by Crippen LogP contribution is -2.44. The van der Waals surface area contributed by atoms with E-state index in [0.717, 1.165) is 19.3 Å². The second kappa shape index (κ2) is 5.78. The molecule has 0 aromatic carbocycles. The summed E-state index contributed by atoms with van der Waals surface area (Å²) in [5.41, 5.74) is 0. The van der Waals surface area contributed by atoms with Crippen LogP contribution in [0.15, 0.2) is 0 Å². The molecule has 2 nitrogen and oxygen atoms in total. The molecule has 0 amide bonds. The van der Waals surface area contributed by atoms with Gasteiger partial charge in [0.2, 0.25) is 0 Å². The number of hydrogen-bond acceptors (Lipinski definition) is 2. The molecule has 106 valence electrons. The van der Waals surface area contributed by atoms with E-state index in [1.165, 1.54) is 0 Å². The van der Waals surface area contributed by atoms with Crippen LogP contribution >= 0.6 is 0 Å². The van der Waals surface area contributed by atoms with Gasteiger partial charge in [-0.15, -0.1) is 0 Å². The van der Waals surface area contributed by atoms with Crippen LogP contribution in [0.4, 0.5) is 13.2 Å². The summed E-state index contributed by atoms with van der Waals surface area (Å²) in [5.74, 6) is -2.08. The fraction of sp³-hybridized carbons (Fsp3) is 1.00. The largest absolute Gasteiger partial charge is 0.392 e.